The highest BCUT2D eigenvalue weighted by Gasteiger charge is 2.33. The van der Waals surface area contributed by atoms with Gasteiger partial charge in [0.1, 0.15) is 10.8 Å². The average Bonchev–Trinajstić information content (AvgIpc) is 3.13. The van der Waals surface area contributed by atoms with Crippen LogP contribution >= 0.6 is 11.5 Å². The Hall–Kier alpha value is -0.810. The van der Waals surface area contributed by atoms with Crippen molar-refractivity contribution in [1.29, 1.82) is 0 Å². The fourth-order valence-corrected chi connectivity index (χ4v) is 3.55. The van der Waals surface area contributed by atoms with E-state index in [-0.39, 0.29) is 0 Å². The smallest absolute Gasteiger partial charge is 0.142 e. The number of piperidine rings is 1. The molecule has 2 aliphatic rings. The van der Waals surface area contributed by atoms with Gasteiger partial charge in [0.15, 0.2) is 0 Å². The summed E-state index contributed by atoms with van der Waals surface area (Å²) in [4.78, 5) is 2.41. The van der Waals surface area contributed by atoms with Crippen molar-refractivity contribution in [2.75, 3.05) is 30.3 Å². The molecule has 0 unspecified atom stereocenters. The summed E-state index contributed by atoms with van der Waals surface area (Å²) in [7, 11) is 0. The molecule has 2 fully saturated rings. The minimum Gasteiger partial charge on any atom is -0.396 e. The summed E-state index contributed by atoms with van der Waals surface area (Å²) in [6.07, 6.45) is 4.70. The second kappa shape index (κ2) is 4.46. The molecule has 3 rings (SSSR count). The molecule has 0 spiro atoms. The highest BCUT2D eigenvalue weighted by atomic mass is 32.1. The lowest BCUT2D eigenvalue weighted by Gasteiger charge is -2.32. The summed E-state index contributed by atoms with van der Waals surface area (Å²) < 4.78 is 4.32. The highest BCUT2D eigenvalue weighted by molar-refractivity contribution is 7.10. The minimum atomic E-state index is 0.328. The molecule has 17 heavy (non-hydrogen) atoms. The van der Waals surface area contributed by atoms with Gasteiger partial charge in [-0.25, -0.2) is 0 Å². The van der Waals surface area contributed by atoms with Crippen LogP contribution in [0.25, 0.3) is 0 Å². The van der Waals surface area contributed by atoms with Crippen molar-refractivity contribution in [2.45, 2.75) is 31.6 Å². The van der Waals surface area contributed by atoms with Crippen LogP contribution in [0.15, 0.2) is 0 Å². The maximum atomic E-state index is 9.16. The second-order valence-corrected chi connectivity index (χ2v) is 5.93. The van der Waals surface area contributed by atoms with E-state index < -0.39 is 0 Å². The van der Waals surface area contributed by atoms with E-state index in [1.807, 2.05) is 0 Å². The predicted molar refractivity (Wildman–Crippen MR) is 70.5 cm³/mol. The minimum absolute atomic E-state index is 0.328. The van der Waals surface area contributed by atoms with Crippen LogP contribution in [0, 0.1) is 5.92 Å². The molecule has 94 valence electrons. The SMILES string of the molecule is Nc1nsc(N2CCC(CO)CC2)c1C1CC1. The number of anilines is 2. The highest BCUT2D eigenvalue weighted by Crippen LogP contribution is 2.49. The van der Waals surface area contributed by atoms with E-state index in [1.54, 1.807) is 11.5 Å². The average molecular weight is 253 g/mol. The van der Waals surface area contributed by atoms with Crippen LogP contribution in [0.5, 0.6) is 0 Å². The Kier molecular flexibility index (Phi) is 2.96. The zero-order valence-electron chi connectivity index (χ0n) is 9.93. The normalized spacial score (nSPS) is 22.1. The number of nitrogens with zero attached hydrogens (tertiary/aromatic N) is 2. The number of hydrogen-bond donors (Lipinski definition) is 2. The van der Waals surface area contributed by atoms with Crippen molar-refractivity contribution in [3.63, 3.8) is 0 Å². The Bertz CT molecular complexity index is 394. The molecule has 0 radical (unpaired) electrons. The molecular weight excluding hydrogens is 234 g/mol. The number of nitrogens with two attached hydrogens (primary N) is 1. The standard InChI is InChI=1S/C12H19N3OS/c13-11-10(9-1-2-9)12(17-14-11)15-5-3-8(7-16)4-6-15/h8-9,16H,1-7H2,(H2,13,14). The van der Waals surface area contributed by atoms with Gasteiger partial charge in [-0.15, -0.1) is 0 Å². The van der Waals surface area contributed by atoms with Gasteiger partial charge >= 0.3 is 0 Å². The van der Waals surface area contributed by atoms with Crippen molar-refractivity contribution in [3.05, 3.63) is 5.56 Å². The first-order chi connectivity index (χ1) is 8.29. The van der Waals surface area contributed by atoms with Gasteiger partial charge in [0.25, 0.3) is 0 Å². The molecule has 1 aliphatic heterocycles. The van der Waals surface area contributed by atoms with Gasteiger partial charge in [-0.2, -0.15) is 4.37 Å². The maximum Gasteiger partial charge on any atom is 0.142 e. The van der Waals surface area contributed by atoms with Crippen molar-refractivity contribution in [2.24, 2.45) is 5.92 Å². The van der Waals surface area contributed by atoms with E-state index in [0.29, 0.717) is 18.4 Å². The first-order valence-electron chi connectivity index (χ1n) is 6.40. The van der Waals surface area contributed by atoms with E-state index in [4.69, 9.17) is 10.8 Å². The quantitative estimate of drug-likeness (QED) is 0.862. The summed E-state index contributed by atoms with van der Waals surface area (Å²) in [6, 6.07) is 0. The summed E-state index contributed by atoms with van der Waals surface area (Å²) >= 11 is 1.55. The van der Waals surface area contributed by atoms with Crippen molar-refractivity contribution >= 4 is 22.4 Å². The topological polar surface area (TPSA) is 62.4 Å². The number of rotatable bonds is 3. The van der Waals surface area contributed by atoms with Gasteiger partial charge in [0.05, 0.1) is 0 Å². The fourth-order valence-electron chi connectivity index (χ4n) is 2.60. The summed E-state index contributed by atoms with van der Waals surface area (Å²) in [6.45, 7) is 2.40. The van der Waals surface area contributed by atoms with Gasteiger partial charge in [-0.3, -0.25) is 0 Å². The molecule has 0 aromatic carbocycles. The molecule has 5 heteroatoms. The van der Waals surface area contributed by atoms with Crippen LogP contribution in [0.2, 0.25) is 0 Å². The molecule has 0 atom stereocenters. The van der Waals surface area contributed by atoms with Crippen molar-refractivity contribution < 1.29 is 5.11 Å². The lowest BCUT2D eigenvalue weighted by Crippen LogP contribution is -2.34. The van der Waals surface area contributed by atoms with Gasteiger partial charge < -0.3 is 15.7 Å². The number of aliphatic hydroxyl groups is 1. The lowest BCUT2D eigenvalue weighted by molar-refractivity contribution is 0.203. The lowest BCUT2D eigenvalue weighted by atomic mass is 9.98. The summed E-state index contributed by atoms with van der Waals surface area (Å²) in [5.41, 5.74) is 7.28. The Labute approximate surface area is 106 Å². The van der Waals surface area contributed by atoms with Gasteiger partial charge in [-0.1, -0.05) is 0 Å². The van der Waals surface area contributed by atoms with Gasteiger partial charge in [0, 0.05) is 25.3 Å². The largest absolute Gasteiger partial charge is 0.396 e. The zero-order valence-corrected chi connectivity index (χ0v) is 10.7. The molecule has 3 N–H and O–H groups in total. The summed E-state index contributed by atoms with van der Waals surface area (Å²) in [5.74, 6) is 1.90. The predicted octanol–water partition coefficient (Wildman–Crippen LogP) is 1.81. The third kappa shape index (κ3) is 2.13. The molecule has 1 aromatic heterocycles. The molecule has 1 saturated heterocycles. The third-order valence-corrected chi connectivity index (χ3v) is 4.82. The monoisotopic (exact) mass is 253 g/mol. The molecule has 2 heterocycles. The molecule has 1 aliphatic carbocycles. The van der Waals surface area contributed by atoms with Crippen LogP contribution in [-0.2, 0) is 0 Å². The molecule has 4 nitrogen and oxygen atoms in total. The Morgan fingerprint density at radius 2 is 2.00 bits per heavy atom. The van der Waals surface area contributed by atoms with Crippen LogP contribution in [-0.4, -0.2) is 29.2 Å². The van der Waals surface area contributed by atoms with Crippen molar-refractivity contribution in [3.8, 4) is 0 Å². The molecule has 0 amide bonds. The van der Waals surface area contributed by atoms with E-state index >= 15 is 0 Å². The van der Waals surface area contributed by atoms with Gasteiger partial charge in [-0.05, 0) is 49.1 Å². The fraction of sp³-hybridized carbons (Fsp3) is 0.750. The van der Waals surface area contributed by atoms with E-state index in [0.717, 1.165) is 31.7 Å². The Morgan fingerprint density at radius 1 is 1.29 bits per heavy atom. The second-order valence-electron chi connectivity index (χ2n) is 5.17. The first-order valence-corrected chi connectivity index (χ1v) is 7.17. The number of aromatic nitrogens is 1. The first kappa shape index (κ1) is 11.3. The third-order valence-electron chi connectivity index (χ3n) is 3.88. The molecule has 1 saturated carbocycles. The maximum absolute atomic E-state index is 9.16. The molecule has 1 aromatic rings. The number of hydrogen-bond acceptors (Lipinski definition) is 5. The van der Waals surface area contributed by atoms with Gasteiger partial charge in [0.2, 0.25) is 0 Å². The van der Waals surface area contributed by atoms with Crippen molar-refractivity contribution in [1.82, 2.24) is 4.37 Å². The van der Waals surface area contributed by atoms with Crippen LogP contribution < -0.4 is 10.6 Å². The number of aliphatic hydroxyl groups excluding tert-OH is 1. The Morgan fingerprint density at radius 3 is 2.59 bits per heavy atom. The van der Waals surface area contributed by atoms with Crippen LogP contribution in [0.3, 0.4) is 0 Å². The molecule has 0 bridgehead atoms. The van der Waals surface area contributed by atoms with Crippen LogP contribution in [0.4, 0.5) is 10.8 Å². The molecular formula is C12H19N3OS. The van der Waals surface area contributed by atoms with Crippen LogP contribution in [0.1, 0.15) is 37.2 Å². The van der Waals surface area contributed by atoms with E-state index in [9.17, 15) is 0 Å². The Balaban J connectivity index is 1.76. The summed E-state index contributed by atoms with van der Waals surface area (Å²) in [5, 5.41) is 10.4. The zero-order chi connectivity index (χ0) is 11.8. The van der Waals surface area contributed by atoms with E-state index in [2.05, 4.69) is 9.27 Å². The van der Waals surface area contributed by atoms with E-state index in [1.165, 1.54) is 23.4 Å². The number of nitrogen functional groups attached to an aromatic ring is 1.